The van der Waals surface area contributed by atoms with Crippen molar-refractivity contribution in [3.8, 4) is 0 Å². The standard InChI is InChI=1S/C6H9N2O3P/c7-3-5-1-2-6(4-8-5)12(9,10)11/h1-2,4H,3,7H2,(H2,9,10,11). The van der Waals surface area contributed by atoms with Crippen molar-refractivity contribution in [2.24, 2.45) is 5.73 Å². The van der Waals surface area contributed by atoms with Crippen LogP contribution in [-0.4, -0.2) is 14.8 Å². The second-order valence-electron chi connectivity index (χ2n) is 2.26. The first-order chi connectivity index (χ1) is 5.54. The van der Waals surface area contributed by atoms with Gasteiger partial charge in [-0.25, -0.2) is 0 Å². The van der Waals surface area contributed by atoms with Gasteiger partial charge in [0.1, 0.15) is 0 Å². The van der Waals surface area contributed by atoms with E-state index >= 15 is 0 Å². The Morgan fingerprint density at radius 2 is 2.17 bits per heavy atom. The molecule has 0 aliphatic heterocycles. The van der Waals surface area contributed by atoms with Gasteiger partial charge in [0, 0.05) is 12.7 Å². The Kier molecular flexibility index (Phi) is 2.59. The summed E-state index contributed by atoms with van der Waals surface area (Å²) in [6, 6.07) is 2.82. The van der Waals surface area contributed by atoms with Crippen LogP contribution in [0.5, 0.6) is 0 Å². The first-order valence-corrected chi connectivity index (χ1v) is 4.86. The van der Waals surface area contributed by atoms with Gasteiger partial charge in [-0.2, -0.15) is 0 Å². The maximum atomic E-state index is 10.7. The number of aromatic nitrogens is 1. The fourth-order valence-corrected chi connectivity index (χ4v) is 1.19. The van der Waals surface area contributed by atoms with Crippen molar-refractivity contribution in [2.75, 3.05) is 0 Å². The van der Waals surface area contributed by atoms with Gasteiger partial charge in [-0.3, -0.25) is 9.55 Å². The molecule has 0 aromatic carbocycles. The summed E-state index contributed by atoms with van der Waals surface area (Å²) in [5.41, 5.74) is 5.86. The van der Waals surface area contributed by atoms with Crippen LogP contribution in [0.2, 0.25) is 0 Å². The van der Waals surface area contributed by atoms with Crippen LogP contribution in [0, 0.1) is 0 Å². The summed E-state index contributed by atoms with van der Waals surface area (Å²) in [6.07, 6.45) is 1.14. The van der Waals surface area contributed by atoms with E-state index in [0.717, 1.165) is 6.20 Å². The summed E-state index contributed by atoms with van der Waals surface area (Å²) in [6.45, 7) is 0.265. The van der Waals surface area contributed by atoms with Crippen molar-refractivity contribution in [3.63, 3.8) is 0 Å². The van der Waals surface area contributed by atoms with Gasteiger partial charge in [-0.05, 0) is 12.1 Å². The molecule has 0 amide bonds. The van der Waals surface area contributed by atoms with E-state index in [0.29, 0.717) is 5.69 Å². The van der Waals surface area contributed by atoms with Crippen LogP contribution in [0.1, 0.15) is 5.69 Å². The summed E-state index contributed by atoms with van der Waals surface area (Å²) in [7, 11) is -4.15. The molecule has 5 nitrogen and oxygen atoms in total. The molecule has 1 aromatic heterocycles. The lowest BCUT2D eigenvalue weighted by Crippen LogP contribution is -2.07. The maximum absolute atomic E-state index is 10.7. The largest absolute Gasteiger partial charge is 0.357 e. The van der Waals surface area contributed by atoms with Crippen molar-refractivity contribution in [2.45, 2.75) is 6.54 Å². The van der Waals surface area contributed by atoms with Crippen LogP contribution >= 0.6 is 7.60 Å². The highest BCUT2D eigenvalue weighted by atomic mass is 31.2. The van der Waals surface area contributed by atoms with Gasteiger partial charge in [-0.15, -0.1) is 0 Å². The predicted molar refractivity (Wildman–Crippen MR) is 43.8 cm³/mol. The minimum atomic E-state index is -4.15. The molecule has 0 fully saturated rings. The first kappa shape index (κ1) is 9.35. The maximum Gasteiger partial charge on any atom is 0.357 e. The van der Waals surface area contributed by atoms with Gasteiger partial charge < -0.3 is 15.5 Å². The third kappa shape index (κ3) is 2.12. The molecule has 0 aliphatic rings. The molecule has 1 heterocycles. The monoisotopic (exact) mass is 188 g/mol. The molecule has 12 heavy (non-hydrogen) atoms. The Morgan fingerprint density at radius 3 is 2.50 bits per heavy atom. The second kappa shape index (κ2) is 3.33. The highest BCUT2D eigenvalue weighted by molar-refractivity contribution is 7.60. The smallest absolute Gasteiger partial charge is 0.325 e. The number of nitrogens with two attached hydrogens (primary N) is 1. The van der Waals surface area contributed by atoms with Crippen LogP contribution in [0.25, 0.3) is 0 Å². The molecule has 0 atom stereocenters. The fourth-order valence-electron chi connectivity index (χ4n) is 0.710. The highest BCUT2D eigenvalue weighted by Crippen LogP contribution is 2.32. The number of hydrogen-bond acceptors (Lipinski definition) is 3. The van der Waals surface area contributed by atoms with Crippen molar-refractivity contribution in [3.05, 3.63) is 24.0 Å². The van der Waals surface area contributed by atoms with Crippen LogP contribution in [0.4, 0.5) is 0 Å². The van der Waals surface area contributed by atoms with E-state index in [1.807, 2.05) is 0 Å². The van der Waals surface area contributed by atoms with Crippen LogP contribution in [0.15, 0.2) is 18.3 Å². The number of rotatable bonds is 2. The Balaban J connectivity index is 3.01. The molecular formula is C6H9N2O3P. The van der Waals surface area contributed by atoms with E-state index in [1.165, 1.54) is 12.1 Å². The zero-order chi connectivity index (χ0) is 9.19. The molecule has 0 spiro atoms. The zero-order valence-corrected chi connectivity index (χ0v) is 7.11. The molecule has 0 saturated carbocycles. The van der Waals surface area contributed by atoms with Gasteiger partial charge in [0.05, 0.1) is 11.0 Å². The summed E-state index contributed by atoms with van der Waals surface area (Å²) in [4.78, 5) is 21.1. The molecule has 0 radical (unpaired) electrons. The van der Waals surface area contributed by atoms with E-state index in [2.05, 4.69) is 4.98 Å². The molecule has 0 saturated heterocycles. The van der Waals surface area contributed by atoms with E-state index in [-0.39, 0.29) is 11.8 Å². The first-order valence-electron chi connectivity index (χ1n) is 3.25. The minimum Gasteiger partial charge on any atom is -0.325 e. The molecule has 66 valence electrons. The van der Waals surface area contributed by atoms with Gasteiger partial charge in [0.25, 0.3) is 0 Å². The second-order valence-corrected chi connectivity index (χ2v) is 3.86. The van der Waals surface area contributed by atoms with Crippen molar-refractivity contribution in [1.29, 1.82) is 0 Å². The van der Waals surface area contributed by atoms with E-state index in [1.54, 1.807) is 0 Å². The fraction of sp³-hybridized carbons (Fsp3) is 0.167. The summed E-state index contributed by atoms with van der Waals surface area (Å²) < 4.78 is 10.7. The molecule has 4 N–H and O–H groups in total. The van der Waals surface area contributed by atoms with E-state index in [4.69, 9.17) is 15.5 Å². The lowest BCUT2D eigenvalue weighted by atomic mass is 10.4. The molecule has 1 aromatic rings. The lowest BCUT2D eigenvalue weighted by Gasteiger charge is -2.02. The summed E-state index contributed by atoms with van der Waals surface area (Å²) in [5, 5.41) is -0.0836. The molecule has 0 bridgehead atoms. The average molecular weight is 188 g/mol. The molecular weight excluding hydrogens is 179 g/mol. The summed E-state index contributed by atoms with van der Waals surface area (Å²) in [5.74, 6) is 0. The quantitative estimate of drug-likeness (QED) is 0.535. The Morgan fingerprint density at radius 1 is 1.50 bits per heavy atom. The van der Waals surface area contributed by atoms with Gasteiger partial charge in [0.15, 0.2) is 0 Å². The molecule has 6 heteroatoms. The van der Waals surface area contributed by atoms with Gasteiger partial charge >= 0.3 is 7.60 Å². The third-order valence-corrected chi connectivity index (χ3v) is 2.29. The average Bonchev–Trinajstić information content (AvgIpc) is 2.03. The zero-order valence-electron chi connectivity index (χ0n) is 6.21. The topological polar surface area (TPSA) is 96.4 Å². The summed E-state index contributed by atoms with van der Waals surface area (Å²) >= 11 is 0. The number of hydrogen-bond donors (Lipinski definition) is 3. The van der Waals surface area contributed by atoms with E-state index < -0.39 is 7.60 Å². The van der Waals surface area contributed by atoms with Crippen molar-refractivity contribution in [1.82, 2.24) is 4.98 Å². The number of pyridine rings is 1. The third-order valence-electron chi connectivity index (χ3n) is 1.35. The van der Waals surface area contributed by atoms with Crippen LogP contribution in [-0.2, 0) is 11.1 Å². The van der Waals surface area contributed by atoms with Crippen molar-refractivity contribution >= 4 is 12.9 Å². The molecule has 1 rings (SSSR count). The lowest BCUT2D eigenvalue weighted by molar-refractivity contribution is 0.387. The SMILES string of the molecule is NCc1ccc(P(=O)(O)O)cn1. The van der Waals surface area contributed by atoms with Gasteiger partial charge in [0.2, 0.25) is 0 Å². The van der Waals surface area contributed by atoms with Gasteiger partial charge in [-0.1, -0.05) is 0 Å². The predicted octanol–water partition coefficient (Wildman–Crippen LogP) is -0.657. The molecule has 0 unspecified atom stereocenters. The Labute approximate surface area is 69.4 Å². The number of nitrogens with zero attached hydrogens (tertiary/aromatic N) is 1. The highest BCUT2D eigenvalue weighted by Gasteiger charge is 2.16. The normalized spacial score (nSPS) is 11.6. The van der Waals surface area contributed by atoms with E-state index in [9.17, 15) is 4.57 Å². The Hall–Kier alpha value is -0.740. The molecule has 0 aliphatic carbocycles. The minimum absolute atomic E-state index is 0.0836. The van der Waals surface area contributed by atoms with Crippen LogP contribution in [0.3, 0.4) is 0 Å². The Bertz CT molecular complexity index is 305. The van der Waals surface area contributed by atoms with Crippen molar-refractivity contribution < 1.29 is 14.4 Å². The van der Waals surface area contributed by atoms with Crippen LogP contribution < -0.4 is 11.0 Å².